The molecular formula is C14H20N2O2. The standard InChI is InChI=1S/C14H20N2O2/c1-10-8-9-15-13(17)12(10)14(18)16-11-6-4-2-3-5-7-11/h8-9,11H,2-7H2,1H3,(H,15,17)(H,16,18). The number of aromatic amines is 1. The lowest BCUT2D eigenvalue weighted by atomic mass is 10.1. The van der Waals surface area contributed by atoms with Crippen LogP contribution in [0.1, 0.15) is 54.4 Å². The van der Waals surface area contributed by atoms with Gasteiger partial charge in [-0.05, 0) is 31.4 Å². The maximum atomic E-state index is 12.1. The Balaban J connectivity index is 2.09. The van der Waals surface area contributed by atoms with Gasteiger partial charge in [0, 0.05) is 12.2 Å². The molecule has 1 aromatic heterocycles. The lowest BCUT2D eigenvalue weighted by molar-refractivity contribution is 0.0931. The number of carbonyl (C=O) groups is 1. The zero-order valence-electron chi connectivity index (χ0n) is 10.8. The number of carbonyl (C=O) groups excluding carboxylic acids is 1. The Morgan fingerprint density at radius 3 is 2.56 bits per heavy atom. The van der Waals surface area contributed by atoms with Gasteiger partial charge >= 0.3 is 0 Å². The van der Waals surface area contributed by atoms with Crippen molar-refractivity contribution in [2.75, 3.05) is 0 Å². The largest absolute Gasteiger partial charge is 0.349 e. The van der Waals surface area contributed by atoms with Crippen molar-refractivity contribution < 1.29 is 4.79 Å². The van der Waals surface area contributed by atoms with Crippen molar-refractivity contribution in [3.05, 3.63) is 33.7 Å². The molecule has 0 radical (unpaired) electrons. The molecular weight excluding hydrogens is 228 g/mol. The number of rotatable bonds is 2. The quantitative estimate of drug-likeness (QED) is 0.788. The number of hydrogen-bond donors (Lipinski definition) is 2. The molecule has 0 aliphatic heterocycles. The van der Waals surface area contributed by atoms with E-state index in [-0.39, 0.29) is 23.1 Å². The predicted octanol–water partition coefficient (Wildman–Crippen LogP) is 2.14. The molecule has 1 fully saturated rings. The first-order chi connectivity index (χ1) is 8.68. The van der Waals surface area contributed by atoms with Crippen LogP contribution in [0.4, 0.5) is 0 Å². The van der Waals surface area contributed by atoms with Gasteiger partial charge in [0.05, 0.1) is 0 Å². The normalized spacial score (nSPS) is 17.2. The lowest BCUT2D eigenvalue weighted by Gasteiger charge is -2.16. The Morgan fingerprint density at radius 2 is 1.94 bits per heavy atom. The van der Waals surface area contributed by atoms with Gasteiger partial charge in [-0.2, -0.15) is 0 Å². The molecule has 1 aliphatic carbocycles. The van der Waals surface area contributed by atoms with Gasteiger partial charge in [0.2, 0.25) is 0 Å². The summed E-state index contributed by atoms with van der Waals surface area (Å²) in [6.07, 6.45) is 8.43. The molecule has 1 heterocycles. The Labute approximate surface area is 107 Å². The molecule has 1 amide bonds. The zero-order chi connectivity index (χ0) is 13.0. The average Bonchev–Trinajstić information content (AvgIpc) is 2.57. The molecule has 0 saturated heterocycles. The molecule has 4 heteroatoms. The van der Waals surface area contributed by atoms with Crippen molar-refractivity contribution in [3.63, 3.8) is 0 Å². The van der Waals surface area contributed by atoms with Crippen LogP contribution in [-0.2, 0) is 0 Å². The Hall–Kier alpha value is -1.58. The van der Waals surface area contributed by atoms with Gasteiger partial charge in [-0.25, -0.2) is 0 Å². The van der Waals surface area contributed by atoms with Crippen LogP contribution < -0.4 is 10.9 Å². The Morgan fingerprint density at radius 1 is 1.28 bits per heavy atom. The van der Waals surface area contributed by atoms with E-state index in [1.165, 1.54) is 12.8 Å². The van der Waals surface area contributed by atoms with E-state index in [0.717, 1.165) is 31.2 Å². The van der Waals surface area contributed by atoms with Crippen LogP contribution in [0.25, 0.3) is 0 Å². The van der Waals surface area contributed by atoms with E-state index < -0.39 is 0 Å². The molecule has 0 atom stereocenters. The third-order valence-electron chi connectivity index (χ3n) is 3.59. The summed E-state index contributed by atoms with van der Waals surface area (Å²) >= 11 is 0. The molecule has 0 spiro atoms. The first-order valence-electron chi connectivity index (χ1n) is 6.67. The molecule has 4 nitrogen and oxygen atoms in total. The van der Waals surface area contributed by atoms with Crippen LogP contribution in [-0.4, -0.2) is 16.9 Å². The number of aryl methyl sites for hydroxylation is 1. The van der Waals surface area contributed by atoms with Crippen LogP contribution >= 0.6 is 0 Å². The summed E-state index contributed by atoms with van der Waals surface area (Å²) in [7, 11) is 0. The molecule has 2 rings (SSSR count). The summed E-state index contributed by atoms with van der Waals surface area (Å²) in [5.74, 6) is -0.235. The number of amides is 1. The fourth-order valence-electron chi connectivity index (χ4n) is 2.54. The number of hydrogen-bond acceptors (Lipinski definition) is 2. The molecule has 1 saturated carbocycles. The van der Waals surface area contributed by atoms with Crippen LogP contribution in [0.2, 0.25) is 0 Å². The highest BCUT2D eigenvalue weighted by Gasteiger charge is 2.18. The van der Waals surface area contributed by atoms with Gasteiger partial charge in [-0.15, -0.1) is 0 Å². The van der Waals surface area contributed by atoms with Gasteiger partial charge in [0.1, 0.15) is 5.56 Å². The summed E-state index contributed by atoms with van der Waals surface area (Å²) < 4.78 is 0. The summed E-state index contributed by atoms with van der Waals surface area (Å²) in [5, 5.41) is 3.00. The van der Waals surface area contributed by atoms with E-state index in [1.54, 1.807) is 19.2 Å². The summed E-state index contributed by atoms with van der Waals surface area (Å²) in [4.78, 5) is 26.4. The second kappa shape index (κ2) is 5.85. The van der Waals surface area contributed by atoms with Gasteiger partial charge in [0.15, 0.2) is 0 Å². The van der Waals surface area contributed by atoms with Crippen molar-refractivity contribution in [1.29, 1.82) is 0 Å². The lowest BCUT2D eigenvalue weighted by Crippen LogP contribution is -2.37. The fourth-order valence-corrected chi connectivity index (χ4v) is 2.54. The van der Waals surface area contributed by atoms with Crippen LogP contribution in [0.5, 0.6) is 0 Å². The minimum atomic E-state index is -0.305. The zero-order valence-corrected chi connectivity index (χ0v) is 10.8. The van der Waals surface area contributed by atoms with Crippen LogP contribution in [0.3, 0.4) is 0 Å². The highest BCUT2D eigenvalue weighted by atomic mass is 16.2. The number of nitrogens with one attached hydrogen (secondary N) is 2. The molecule has 0 bridgehead atoms. The van der Waals surface area contributed by atoms with Crippen molar-refractivity contribution >= 4 is 5.91 Å². The van der Waals surface area contributed by atoms with E-state index in [2.05, 4.69) is 10.3 Å². The third-order valence-corrected chi connectivity index (χ3v) is 3.59. The van der Waals surface area contributed by atoms with E-state index in [9.17, 15) is 9.59 Å². The van der Waals surface area contributed by atoms with Crippen molar-refractivity contribution in [3.8, 4) is 0 Å². The molecule has 18 heavy (non-hydrogen) atoms. The number of pyridine rings is 1. The highest BCUT2D eigenvalue weighted by molar-refractivity contribution is 5.95. The molecule has 0 unspecified atom stereocenters. The summed E-state index contributed by atoms with van der Waals surface area (Å²) in [6.45, 7) is 1.79. The SMILES string of the molecule is Cc1cc[nH]c(=O)c1C(=O)NC1CCCCCC1. The smallest absolute Gasteiger partial charge is 0.261 e. The summed E-state index contributed by atoms with van der Waals surface area (Å²) in [6, 6.07) is 1.97. The van der Waals surface area contributed by atoms with Gasteiger partial charge in [0.25, 0.3) is 11.5 Å². The minimum Gasteiger partial charge on any atom is -0.349 e. The molecule has 1 aliphatic rings. The van der Waals surface area contributed by atoms with Crippen molar-refractivity contribution in [1.82, 2.24) is 10.3 Å². The fraction of sp³-hybridized carbons (Fsp3) is 0.571. The highest BCUT2D eigenvalue weighted by Crippen LogP contribution is 2.17. The monoisotopic (exact) mass is 248 g/mol. The van der Waals surface area contributed by atoms with E-state index in [1.807, 2.05) is 0 Å². The van der Waals surface area contributed by atoms with Gasteiger partial charge < -0.3 is 10.3 Å². The molecule has 98 valence electrons. The maximum Gasteiger partial charge on any atom is 0.261 e. The Bertz CT molecular complexity index is 471. The van der Waals surface area contributed by atoms with E-state index in [0.29, 0.717) is 0 Å². The average molecular weight is 248 g/mol. The summed E-state index contributed by atoms with van der Waals surface area (Å²) in [5.41, 5.74) is 0.674. The third kappa shape index (κ3) is 3.00. The number of H-pyrrole nitrogens is 1. The first kappa shape index (κ1) is 12.9. The second-order valence-electron chi connectivity index (χ2n) is 5.03. The second-order valence-corrected chi connectivity index (χ2v) is 5.03. The molecule has 1 aromatic rings. The predicted molar refractivity (Wildman–Crippen MR) is 70.8 cm³/mol. The minimum absolute atomic E-state index is 0.221. The van der Waals surface area contributed by atoms with Crippen LogP contribution in [0, 0.1) is 6.92 Å². The number of aromatic nitrogens is 1. The van der Waals surface area contributed by atoms with Crippen molar-refractivity contribution in [2.45, 2.75) is 51.5 Å². The van der Waals surface area contributed by atoms with E-state index >= 15 is 0 Å². The molecule has 0 aromatic carbocycles. The van der Waals surface area contributed by atoms with E-state index in [4.69, 9.17) is 0 Å². The van der Waals surface area contributed by atoms with Gasteiger partial charge in [-0.3, -0.25) is 9.59 Å². The van der Waals surface area contributed by atoms with Crippen LogP contribution in [0.15, 0.2) is 17.1 Å². The topological polar surface area (TPSA) is 62.0 Å². The molecule has 2 N–H and O–H groups in total. The Kier molecular flexibility index (Phi) is 4.18. The first-order valence-corrected chi connectivity index (χ1v) is 6.67. The van der Waals surface area contributed by atoms with Crippen molar-refractivity contribution in [2.24, 2.45) is 0 Å². The maximum absolute atomic E-state index is 12.1. The van der Waals surface area contributed by atoms with Gasteiger partial charge in [-0.1, -0.05) is 25.7 Å².